The number of halogens is 6. The van der Waals surface area contributed by atoms with Crippen LogP contribution in [0.4, 0.5) is 22.0 Å². The summed E-state index contributed by atoms with van der Waals surface area (Å²) in [6.45, 7) is -0.383. The fourth-order valence-corrected chi connectivity index (χ4v) is 2.67. The van der Waals surface area contributed by atoms with Crippen LogP contribution in [0.5, 0.6) is 0 Å². The van der Waals surface area contributed by atoms with Gasteiger partial charge >= 0.3 is 12.1 Å². The molecular formula is C14H12ClF5N2O2. The Kier molecular flexibility index (Phi) is 4.76. The molecule has 1 aliphatic heterocycles. The predicted molar refractivity (Wildman–Crippen MR) is 74.4 cm³/mol. The second kappa shape index (κ2) is 6.19. The van der Waals surface area contributed by atoms with Gasteiger partial charge in [0.2, 0.25) is 5.91 Å². The van der Waals surface area contributed by atoms with E-state index in [1.54, 1.807) is 0 Å². The van der Waals surface area contributed by atoms with Crippen molar-refractivity contribution in [2.24, 2.45) is 0 Å². The van der Waals surface area contributed by atoms with Gasteiger partial charge in [0, 0.05) is 13.6 Å². The molecule has 0 radical (unpaired) electrons. The predicted octanol–water partition coefficient (Wildman–Crippen LogP) is 2.84. The van der Waals surface area contributed by atoms with Crippen molar-refractivity contribution in [2.75, 3.05) is 7.05 Å². The number of likely N-dealkylation sites (N-methyl/N-ethyl adjacent to an activating group) is 1. The number of benzene rings is 1. The van der Waals surface area contributed by atoms with E-state index in [0.717, 1.165) is 19.2 Å². The summed E-state index contributed by atoms with van der Waals surface area (Å²) in [5, 5.41) is 1.65. The summed E-state index contributed by atoms with van der Waals surface area (Å²) in [6.07, 6.45) is -5.64. The third kappa shape index (κ3) is 3.45. The average molecular weight is 371 g/mol. The van der Waals surface area contributed by atoms with Crippen molar-refractivity contribution in [1.82, 2.24) is 10.2 Å². The van der Waals surface area contributed by atoms with Crippen LogP contribution in [0.1, 0.15) is 17.5 Å². The third-order valence-corrected chi connectivity index (χ3v) is 4.14. The standard InChI is InChI=1S/C14H12ClF5N2O2/c1-22-9(5-13(16,17)12(22)24)11(23)21-6-7-3-2-4-8(10(7)15)14(18,19)20/h2-4,9H,5-6H2,1H3,(H,21,23)/t9-/m0/s1. The molecule has 0 saturated carbocycles. The van der Waals surface area contributed by atoms with Crippen LogP contribution >= 0.6 is 11.6 Å². The summed E-state index contributed by atoms with van der Waals surface area (Å²) in [5.74, 6) is -6.00. The maximum atomic E-state index is 13.3. The molecule has 1 aromatic rings. The van der Waals surface area contributed by atoms with E-state index in [9.17, 15) is 31.5 Å². The molecule has 2 rings (SSSR count). The quantitative estimate of drug-likeness (QED) is 0.832. The molecule has 1 saturated heterocycles. The molecule has 1 heterocycles. The van der Waals surface area contributed by atoms with Gasteiger partial charge in [-0.15, -0.1) is 0 Å². The number of rotatable bonds is 3. The first-order valence-corrected chi connectivity index (χ1v) is 7.10. The molecule has 2 amide bonds. The highest BCUT2D eigenvalue weighted by Gasteiger charge is 2.54. The Bertz CT molecular complexity index is 678. The van der Waals surface area contributed by atoms with E-state index in [1.165, 1.54) is 6.07 Å². The molecule has 0 aromatic heterocycles. The van der Waals surface area contributed by atoms with Gasteiger partial charge in [-0.1, -0.05) is 23.7 Å². The molecular weight excluding hydrogens is 359 g/mol. The van der Waals surface area contributed by atoms with Gasteiger partial charge in [0.25, 0.3) is 5.91 Å². The van der Waals surface area contributed by atoms with Crippen LogP contribution in [0.15, 0.2) is 18.2 Å². The van der Waals surface area contributed by atoms with E-state index in [4.69, 9.17) is 11.6 Å². The van der Waals surface area contributed by atoms with Crippen LogP contribution in [0.25, 0.3) is 0 Å². The first kappa shape index (κ1) is 18.4. The van der Waals surface area contributed by atoms with E-state index in [-0.39, 0.29) is 12.1 Å². The van der Waals surface area contributed by atoms with Crippen molar-refractivity contribution in [3.63, 3.8) is 0 Å². The highest BCUT2D eigenvalue weighted by molar-refractivity contribution is 6.32. The second-order valence-corrected chi connectivity index (χ2v) is 5.71. The third-order valence-electron chi connectivity index (χ3n) is 3.69. The Hall–Kier alpha value is -1.90. The summed E-state index contributed by atoms with van der Waals surface area (Å²) >= 11 is 5.68. The van der Waals surface area contributed by atoms with E-state index in [0.29, 0.717) is 4.90 Å². The first-order chi connectivity index (χ1) is 10.9. The Morgan fingerprint density at radius 3 is 2.54 bits per heavy atom. The van der Waals surface area contributed by atoms with Crippen LogP contribution in [0.3, 0.4) is 0 Å². The van der Waals surface area contributed by atoms with Gasteiger partial charge in [0.05, 0.1) is 17.0 Å². The zero-order valence-electron chi connectivity index (χ0n) is 12.3. The largest absolute Gasteiger partial charge is 0.417 e. The monoisotopic (exact) mass is 370 g/mol. The van der Waals surface area contributed by atoms with Crippen molar-refractivity contribution in [2.45, 2.75) is 31.1 Å². The highest BCUT2D eigenvalue weighted by Crippen LogP contribution is 2.36. The van der Waals surface area contributed by atoms with Gasteiger partial charge in [-0.25, -0.2) is 0 Å². The topological polar surface area (TPSA) is 49.4 Å². The molecule has 1 N–H and O–H groups in total. The number of nitrogens with zero attached hydrogens (tertiary/aromatic N) is 1. The van der Waals surface area contributed by atoms with Crippen molar-refractivity contribution in [3.8, 4) is 0 Å². The molecule has 1 fully saturated rings. The fourth-order valence-electron chi connectivity index (χ4n) is 2.37. The minimum atomic E-state index is -4.66. The Morgan fingerprint density at radius 1 is 1.42 bits per heavy atom. The molecule has 0 unspecified atom stereocenters. The van der Waals surface area contributed by atoms with Gasteiger partial charge in [-0.05, 0) is 11.6 Å². The van der Waals surface area contributed by atoms with E-state index >= 15 is 0 Å². The lowest BCUT2D eigenvalue weighted by molar-refractivity contribution is -0.147. The second-order valence-electron chi connectivity index (χ2n) is 5.33. The normalized spacial score (nSPS) is 20.4. The number of nitrogens with one attached hydrogen (secondary N) is 1. The summed E-state index contributed by atoms with van der Waals surface area (Å²) in [7, 11) is 1.06. The van der Waals surface area contributed by atoms with Crippen molar-refractivity contribution in [1.29, 1.82) is 0 Å². The molecule has 1 aliphatic rings. The molecule has 24 heavy (non-hydrogen) atoms. The number of hydrogen-bond donors (Lipinski definition) is 1. The molecule has 0 bridgehead atoms. The minimum absolute atomic E-state index is 0.0152. The smallest absolute Gasteiger partial charge is 0.350 e. The Morgan fingerprint density at radius 2 is 2.04 bits per heavy atom. The molecule has 0 aliphatic carbocycles. The number of likely N-dealkylation sites (tertiary alicyclic amines) is 1. The first-order valence-electron chi connectivity index (χ1n) is 6.72. The Labute approximate surface area is 138 Å². The van der Waals surface area contributed by atoms with Gasteiger partial charge in [0.15, 0.2) is 0 Å². The zero-order valence-corrected chi connectivity index (χ0v) is 13.0. The number of amides is 2. The maximum absolute atomic E-state index is 13.3. The van der Waals surface area contributed by atoms with E-state index in [1.807, 2.05) is 0 Å². The summed E-state index contributed by atoms with van der Waals surface area (Å²) in [4.78, 5) is 23.8. The maximum Gasteiger partial charge on any atom is 0.417 e. The van der Waals surface area contributed by atoms with Crippen LogP contribution < -0.4 is 5.32 Å². The van der Waals surface area contributed by atoms with Crippen molar-refractivity contribution in [3.05, 3.63) is 34.3 Å². The lowest BCUT2D eigenvalue weighted by atomic mass is 10.1. The number of hydrogen-bond acceptors (Lipinski definition) is 2. The Balaban J connectivity index is 2.10. The van der Waals surface area contributed by atoms with E-state index < -0.39 is 47.0 Å². The van der Waals surface area contributed by atoms with Crippen LogP contribution in [-0.2, 0) is 22.3 Å². The highest BCUT2D eigenvalue weighted by atomic mass is 35.5. The average Bonchev–Trinajstić information content (AvgIpc) is 2.68. The molecule has 1 atom stereocenters. The SMILES string of the molecule is CN1C(=O)C(F)(F)C[C@H]1C(=O)NCc1cccc(C(F)(F)F)c1Cl. The number of carbonyl (C=O) groups is 2. The molecule has 10 heteroatoms. The number of alkyl halides is 5. The van der Waals surface area contributed by atoms with Gasteiger partial charge in [-0.3, -0.25) is 9.59 Å². The fraction of sp³-hybridized carbons (Fsp3) is 0.429. The van der Waals surface area contributed by atoms with E-state index in [2.05, 4.69) is 5.32 Å². The van der Waals surface area contributed by atoms with Gasteiger partial charge in [0.1, 0.15) is 6.04 Å². The lowest BCUT2D eigenvalue weighted by Gasteiger charge is -2.19. The molecule has 1 aromatic carbocycles. The zero-order chi connectivity index (χ0) is 18.3. The van der Waals surface area contributed by atoms with Crippen LogP contribution in [0, 0.1) is 0 Å². The number of carbonyl (C=O) groups excluding carboxylic acids is 2. The summed E-state index contributed by atoms with van der Waals surface area (Å²) < 4.78 is 64.8. The van der Waals surface area contributed by atoms with Crippen molar-refractivity contribution < 1.29 is 31.5 Å². The van der Waals surface area contributed by atoms with Gasteiger partial charge in [-0.2, -0.15) is 22.0 Å². The molecule has 4 nitrogen and oxygen atoms in total. The van der Waals surface area contributed by atoms with Crippen molar-refractivity contribution >= 4 is 23.4 Å². The summed E-state index contributed by atoms with van der Waals surface area (Å²) in [5.41, 5.74) is -1.07. The summed E-state index contributed by atoms with van der Waals surface area (Å²) in [6, 6.07) is 1.79. The minimum Gasteiger partial charge on any atom is -0.350 e. The van der Waals surface area contributed by atoms with Gasteiger partial charge < -0.3 is 10.2 Å². The molecule has 0 spiro atoms. The lowest BCUT2D eigenvalue weighted by Crippen LogP contribution is -2.42. The van der Waals surface area contributed by atoms with Crippen LogP contribution in [0.2, 0.25) is 5.02 Å². The van der Waals surface area contributed by atoms with Crippen LogP contribution in [-0.4, -0.2) is 35.7 Å². The molecule has 132 valence electrons.